The van der Waals surface area contributed by atoms with Crippen LogP contribution in [0, 0.1) is 11.6 Å². The van der Waals surface area contributed by atoms with Gasteiger partial charge in [0.15, 0.2) is 17.3 Å². The lowest BCUT2D eigenvalue weighted by atomic mass is 10.3. The summed E-state index contributed by atoms with van der Waals surface area (Å²) in [6.45, 7) is 0. The van der Waals surface area contributed by atoms with E-state index < -0.39 is 11.6 Å². The van der Waals surface area contributed by atoms with Crippen LogP contribution in [0.2, 0.25) is 5.02 Å². The summed E-state index contributed by atoms with van der Waals surface area (Å²) in [5.74, 6) is -1.30. The summed E-state index contributed by atoms with van der Waals surface area (Å²) in [7, 11) is 0. The minimum Gasteiger partial charge on any atom is -0.452 e. The molecule has 0 saturated heterocycles. The fourth-order valence-electron chi connectivity index (χ4n) is 1.31. The average Bonchev–Trinajstić information content (AvgIpc) is 2.29. The second-order valence-electron chi connectivity index (χ2n) is 3.48. The topological polar surface area (TPSA) is 35.2 Å². The van der Waals surface area contributed by atoms with Gasteiger partial charge in [-0.1, -0.05) is 27.5 Å². The van der Waals surface area contributed by atoms with E-state index in [1.165, 1.54) is 18.2 Å². The van der Waals surface area contributed by atoms with Gasteiger partial charge in [-0.2, -0.15) is 0 Å². The van der Waals surface area contributed by atoms with E-state index >= 15 is 0 Å². The van der Waals surface area contributed by atoms with Gasteiger partial charge in [-0.25, -0.2) is 8.78 Å². The molecule has 0 amide bonds. The zero-order valence-electron chi connectivity index (χ0n) is 8.88. The van der Waals surface area contributed by atoms with Gasteiger partial charge in [-0.15, -0.1) is 0 Å². The Kier molecular flexibility index (Phi) is 3.73. The quantitative estimate of drug-likeness (QED) is 0.804. The highest BCUT2D eigenvalue weighted by Crippen LogP contribution is 2.33. The number of hydrogen-bond acceptors (Lipinski definition) is 2. The molecule has 18 heavy (non-hydrogen) atoms. The molecule has 2 N–H and O–H groups in total. The number of ether oxygens (including phenoxy) is 1. The zero-order chi connectivity index (χ0) is 13.3. The van der Waals surface area contributed by atoms with E-state index in [9.17, 15) is 8.78 Å². The van der Waals surface area contributed by atoms with E-state index in [-0.39, 0.29) is 22.2 Å². The Morgan fingerprint density at radius 1 is 1.06 bits per heavy atom. The van der Waals surface area contributed by atoms with Crippen LogP contribution in [0.4, 0.5) is 14.5 Å². The summed E-state index contributed by atoms with van der Waals surface area (Å²) in [4.78, 5) is 0. The van der Waals surface area contributed by atoms with E-state index in [4.69, 9.17) is 22.1 Å². The van der Waals surface area contributed by atoms with Crippen molar-refractivity contribution in [2.45, 2.75) is 0 Å². The SMILES string of the molecule is Nc1cc(Cl)c(F)cc1Oc1ccc(Br)cc1F. The van der Waals surface area contributed by atoms with Gasteiger partial charge in [0.1, 0.15) is 5.82 Å². The van der Waals surface area contributed by atoms with Crippen LogP contribution < -0.4 is 10.5 Å². The molecule has 0 fully saturated rings. The molecule has 94 valence electrons. The van der Waals surface area contributed by atoms with Crippen molar-refractivity contribution in [3.8, 4) is 11.5 Å². The van der Waals surface area contributed by atoms with Gasteiger partial charge < -0.3 is 10.5 Å². The first kappa shape index (κ1) is 13.1. The van der Waals surface area contributed by atoms with E-state index in [0.29, 0.717) is 4.47 Å². The van der Waals surface area contributed by atoms with Gasteiger partial charge in [0.2, 0.25) is 0 Å². The molecule has 0 bridgehead atoms. The fourth-order valence-corrected chi connectivity index (χ4v) is 1.81. The lowest BCUT2D eigenvalue weighted by Crippen LogP contribution is -1.95. The molecule has 0 aliphatic heterocycles. The van der Waals surface area contributed by atoms with Crippen LogP contribution in [0.25, 0.3) is 0 Å². The second-order valence-corrected chi connectivity index (χ2v) is 4.80. The molecule has 2 aromatic carbocycles. The number of anilines is 1. The predicted molar refractivity (Wildman–Crippen MR) is 70.0 cm³/mol. The highest BCUT2D eigenvalue weighted by Gasteiger charge is 2.11. The van der Waals surface area contributed by atoms with Crippen LogP contribution in [0.15, 0.2) is 34.8 Å². The molecule has 0 aliphatic rings. The summed E-state index contributed by atoms with van der Waals surface area (Å²) >= 11 is 8.67. The third-order valence-corrected chi connectivity index (χ3v) is 2.95. The Bertz CT molecular complexity index is 607. The normalized spacial score (nSPS) is 10.4. The summed E-state index contributed by atoms with van der Waals surface area (Å²) in [5, 5.41) is -0.115. The van der Waals surface area contributed by atoms with Crippen molar-refractivity contribution in [1.29, 1.82) is 0 Å². The molecule has 0 heterocycles. The lowest BCUT2D eigenvalue weighted by molar-refractivity contribution is 0.440. The van der Waals surface area contributed by atoms with Crippen LogP contribution >= 0.6 is 27.5 Å². The minimum absolute atomic E-state index is 0.0122. The minimum atomic E-state index is -0.682. The number of benzene rings is 2. The molecule has 0 saturated carbocycles. The fraction of sp³-hybridized carbons (Fsp3) is 0. The van der Waals surface area contributed by atoms with Crippen LogP contribution in [0.1, 0.15) is 0 Å². The monoisotopic (exact) mass is 333 g/mol. The molecule has 2 aromatic rings. The Morgan fingerprint density at radius 3 is 2.44 bits per heavy atom. The molecule has 0 radical (unpaired) electrons. The maximum Gasteiger partial charge on any atom is 0.166 e. The average molecular weight is 335 g/mol. The lowest BCUT2D eigenvalue weighted by Gasteiger charge is -2.10. The van der Waals surface area contributed by atoms with E-state index in [1.54, 1.807) is 6.07 Å². The number of halogens is 4. The number of nitrogen functional groups attached to an aromatic ring is 1. The molecular formula is C12H7BrClF2NO. The molecule has 2 rings (SSSR count). The van der Waals surface area contributed by atoms with Gasteiger partial charge in [0, 0.05) is 10.5 Å². The number of nitrogens with two attached hydrogens (primary N) is 1. The number of rotatable bonds is 2. The van der Waals surface area contributed by atoms with Gasteiger partial charge in [-0.05, 0) is 24.3 Å². The highest BCUT2D eigenvalue weighted by molar-refractivity contribution is 9.10. The third kappa shape index (κ3) is 2.73. The summed E-state index contributed by atoms with van der Waals surface area (Å²) in [5.41, 5.74) is 5.74. The van der Waals surface area contributed by atoms with Crippen molar-refractivity contribution in [2.24, 2.45) is 0 Å². The van der Waals surface area contributed by atoms with Crippen molar-refractivity contribution >= 4 is 33.2 Å². The summed E-state index contributed by atoms with van der Waals surface area (Å²) in [6, 6.07) is 6.46. The van der Waals surface area contributed by atoms with E-state index in [2.05, 4.69) is 15.9 Å². The second kappa shape index (κ2) is 5.12. The van der Waals surface area contributed by atoms with Crippen LogP contribution in [-0.2, 0) is 0 Å². The van der Waals surface area contributed by atoms with Crippen molar-refractivity contribution in [3.05, 3.63) is 51.5 Å². The Labute approximate surface area is 115 Å². The molecule has 0 aliphatic carbocycles. The standard InChI is InChI=1S/C12H7BrClF2NO/c13-6-1-2-11(9(16)3-6)18-12-5-8(15)7(14)4-10(12)17/h1-5H,17H2. The molecule has 0 aromatic heterocycles. The van der Waals surface area contributed by atoms with Crippen LogP contribution in [0.3, 0.4) is 0 Å². The first-order valence-electron chi connectivity index (χ1n) is 4.85. The molecule has 0 spiro atoms. The van der Waals surface area contributed by atoms with Gasteiger partial charge in [-0.3, -0.25) is 0 Å². The molecular weight excluding hydrogens is 327 g/mol. The summed E-state index contributed by atoms with van der Waals surface area (Å²) < 4.78 is 32.6. The van der Waals surface area contributed by atoms with Crippen molar-refractivity contribution in [1.82, 2.24) is 0 Å². The Hall–Kier alpha value is -1.33. The number of hydrogen-bond donors (Lipinski definition) is 1. The first-order valence-corrected chi connectivity index (χ1v) is 6.02. The zero-order valence-corrected chi connectivity index (χ0v) is 11.2. The van der Waals surface area contributed by atoms with E-state index in [0.717, 1.165) is 6.07 Å². The van der Waals surface area contributed by atoms with Crippen molar-refractivity contribution < 1.29 is 13.5 Å². The molecule has 6 heteroatoms. The van der Waals surface area contributed by atoms with Crippen LogP contribution in [-0.4, -0.2) is 0 Å². The van der Waals surface area contributed by atoms with Gasteiger partial charge >= 0.3 is 0 Å². The van der Waals surface area contributed by atoms with Crippen molar-refractivity contribution in [3.63, 3.8) is 0 Å². The highest BCUT2D eigenvalue weighted by atomic mass is 79.9. The van der Waals surface area contributed by atoms with Gasteiger partial charge in [0.05, 0.1) is 10.7 Å². The Morgan fingerprint density at radius 2 is 1.78 bits per heavy atom. The van der Waals surface area contributed by atoms with E-state index in [1.807, 2.05) is 0 Å². The van der Waals surface area contributed by atoms with Gasteiger partial charge in [0.25, 0.3) is 0 Å². The molecule has 0 unspecified atom stereocenters. The molecule has 2 nitrogen and oxygen atoms in total. The smallest absolute Gasteiger partial charge is 0.166 e. The Balaban J connectivity index is 2.37. The third-order valence-electron chi connectivity index (χ3n) is 2.17. The van der Waals surface area contributed by atoms with Crippen molar-refractivity contribution in [2.75, 3.05) is 5.73 Å². The summed E-state index contributed by atoms with van der Waals surface area (Å²) in [6.07, 6.45) is 0. The van der Waals surface area contributed by atoms with Crippen LogP contribution in [0.5, 0.6) is 11.5 Å². The first-order chi connectivity index (χ1) is 8.47. The maximum absolute atomic E-state index is 13.5. The largest absolute Gasteiger partial charge is 0.452 e. The predicted octanol–water partition coefficient (Wildman–Crippen LogP) is 4.76. The maximum atomic E-state index is 13.5. The molecule has 0 atom stereocenters.